The molecule has 1 heterocycles. The van der Waals surface area contributed by atoms with Crippen LogP contribution in [-0.4, -0.2) is 7.05 Å². The van der Waals surface area contributed by atoms with Gasteiger partial charge in [-0.3, -0.25) is 0 Å². The molecule has 1 N–H and O–H groups in total. The standard InChI is InChI=1S/C14H18BrNO/c1-4-5-10-11-6-9(2)7-12(15)14(11)17-13(10)8-16-3/h6-7,16H,4-5,8H2,1-3H3. The van der Waals surface area contributed by atoms with Gasteiger partial charge in [0.1, 0.15) is 11.3 Å². The summed E-state index contributed by atoms with van der Waals surface area (Å²) in [6, 6.07) is 4.32. The highest BCUT2D eigenvalue weighted by Gasteiger charge is 2.15. The minimum absolute atomic E-state index is 0.787. The minimum atomic E-state index is 0.787. The Kier molecular flexibility index (Phi) is 3.89. The Bertz CT molecular complexity index is 530. The van der Waals surface area contributed by atoms with Crippen molar-refractivity contribution in [3.63, 3.8) is 0 Å². The van der Waals surface area contributed by atoms with E-state index in [1.54, 1.807) is 0 Å². The fourth-order valence-electron chi connectivity index (χ4n) is 2.22. The maximum absolute atomic E-state index is 5.97. The molecule has 2 nitrogen and oxygen atoms in total. The fourth-order valence-corrected chi connectivity index (χ4v) is 2.87. The number of halogens is 1. The predicted octanol–water partition coefficient (Wildman–Crippen LogP) is 4.18. The van der Waals surface area contributed by atoms with Crippen molar-refractivity contribution in [3.05, 3.63) is 33.5 Å². The van der Waals surface area contributed by atoms with Gasteiger partial charge < -0.3 is 9.73 Å². The molecular formula is C14H18BrNO. The van der Waals surface area contributed by atoms with Crippen LogP contribution in [0, 0.1) is 6.92 Å². The van der Waals surface area contributed by atoms with E-state index < -0.39 is 0 Å². The third kappa shape index (κ3) is 2.40. The van der Waals surface area contributed by atoms with Crippen molar-refractivity contribution in [1.82, 2.24) is 5.32 Å². The van der Waals surface area contributed by atoms with Gasteiger partial charge in [0.2, 0.25) is 0 Å². The van der Waals surface area contributed by atoms with E-state index in [9.17, 15) is 0 Å². The molecule has 3 heteroatoms. The second-order valence-corrected chi connectivity index (χ2v) is 5.26. The number of hydrogen-bond acceptors (Lipinski definition) is 2. The van der Waals surface area contributed by atoms with Crippen molar-refractivity contribution in [1.29, 1.82) is 0 Å². The Balaban J connectivity index is 2.66. The van der Waals surface area contributed by atoms with E-state index in [0.29, 0.717) is 0 Å². The summed E-state index contributed by atoms with van der Waals surface area (Å²) in [4.78, 5) is 0. The Hall–Kier alpha value is -0.800. The van der Waals surface area contributed by atoms with Crippen molar-refractivity contribution in [2.24, 2.45) is 0 Å². The molecule has 0 spiro atoms. The van der Waals surface area contributed by atoms with Gasteiger partial charge in [-0.2, -0.15) is 0 Å². The lowest BCUT2D eigenvalue weighted by Gasteiger charge is -2.00. The summed E-state index contributed by atoms with van der Waals surface area (Å²) in [6.07, 6.45) is 2.21. The van der Waals surface area contributed by atoms with Crippen molar-refractivity contribution in [2.45, 2.75) is 33.2 Å². The zero-order chi connectivity index (χ0) is 12.4. The number of nitrogens with one attached hydrogen (secondary N) is 1. The first-order chi connectivity index (χ1) is 8.17. The van der Waals surface area contributed by atoms with Gasteiger partial charge in [0, 0.05) is 10.9 Å². The average molecular weight is 296 g/mol. The van der Waals surface area contributed by atoms with Crippen LogP contribution in [0.3, 0.4) is 0 Å². The molecule has 2 aromatic rings. The van der Waals surface area contributed by atoms with E-state index in [-0.39, 0.29) is 0 Å². The lowest BCUT2D eigenvalue weighted by Crippen LogP contribution is -2.05. The van der Waals surface area contributed by atoms with Crippen LogP contribution in [0.2, 0.25) is 0 Å². The topological polar surface area (TPSA) is 25.2 Å². The van der Waals surface area contributed by atoms with E-state index in [2.05, 4.69) is 47.2 Å². The van der Waals surface area contributed by atoms with Gasteiger partial charge in [-0.25, -0.2) is 0 Å². The molecule has 92 valence electrons. The fraction of sp³-hybridized carbons (Fsp3) is 0.429. The number of fused-ring (bicyclic) bond motifs is 1. The molecule has 1 aromatic heterocycles. The maximum Gasteiger partial charge on any atom is 0.148 e. The molecule has 0 aliphatic rings. The maximum atomic E-state index is 5.97. The summed E-state index contributed by atoms with van der Waals surface area (Å²) in [5.74, 6) is 1.07. The smallest absolute Gasteiger partial charge is 0.148 e. The molecule has 0 saturated carbocycles. The molecule has 0 bridgehead atoms. The van der Waals surface area contributed by atoms with Crippen molar-refractivity contribution in [2.75, 3.05) is 7.05 Å². The number of aryl methyl sites for hydroxylation is 2. The Labute approximate surface area is 111 Å². The molecular weight excluding hydrogens is 278 g/mol. The highest BCUT2D eigenvalue weighted by atomic mass is 79.9. The summed E-state index contributed by atoms with van der Waals surface area (Å²) in [5.41, 5.74) is 3.59. The van der Waals surface area contributed by atoms with E-state index in [0.717, 1.165) is 35.2 Å². The monoisotopic (exact) mass is 295 g/mol. The van der Waals surface area contributed by atoms with Crippen LogP contribution in [0.1, 0.15) is 30.2 Å². The molecule has 1 aromatic carbocycles. The third-order valence-corrected chi connectivity index (χ3v) is 3.50. The number of furan rings is 1. The van der Waals surface area contributed by atoms with Crippen molar-refractivity contribution >= 4 is 26.9 Å². The van der Waals surface area contributed by atoms with Gasteiger partial charge in [-0.1, -0.05) is 13.3 Å². The van der Waals surface area contributed by atoms with Crippen LogP contribution in [0.4, 0.5) is 0 Å². The number of benzene rings is 1. The molecule has 0 amide bonds. The zero-order valence-electron chi connectivity index (χ0n) is 10.6. The van der Waals surface area contributed by atoms with Crippen molar-refractivity contribution in [3.8, 4) is 0 Å². The highest BCUT2D eigenvalue weighted by molar-refractivity contribution is 9.10. The highest BCUT2D eigenvalue weighted by Crippen LogP contribution is 2.33. The van der Waals surface area contributed by atoms with Crippen LogP contribution in [-0.2, 0) is 13.0 Å². The van der Waals surface area contributed by atoms with Gasteiger partial charge in [0.25, 0.3) is 0 Å². The molecule has 17 heavy (non-hydrogen) atoms. The van der Waals surface area contributed by atoms with Crippen molar-refractivity contribution < 1.29 is 4.42 Å². The molecule has 0 atom stereocenters. The first-order valence-electron chi connectivity index (χ1n) is 6.02. The van der Waals surface area contributed by atoms with Gasteiger partial charge in [-0.05, 0) is 54.0 Å². The lowest BCUT2D eigenvalue weighted by atomic mass is 10.0. The molecule has 0 aliphatic carbocycles. The van der Waals surface area contributed by atoms with E-state index in [1.165, 1.54) is 16.5 Å². The quantitative estimate of drug-likeness (QED) is 0.915. The summed E-state index contributed by atoms with van der Waals surface area (Å²) >= 11 is 3.58. The van der Waals surface area contributed by atoms with Gasteiger partial charge >= 0.3 is 0 Å². The SMILES string of the molecule is CCCc1c(CNC)oc2c(Br)cc(C)cc12. The Morgan fingerprint density at radius 3 is 2.76 bits per heavy atom. The van der Waals surface area contributed by atoms with Crippen LogP contribution in [0.25, 0.3) is 11.0 Å². The largest absolute Gasteiger partial charge is 0.458 e. The van der Waals surface area contributed by atoms with Crippen LogP contribution in [0.5, 0.6) is 0 Å². The first-order valence-corrected chi connectivity index (χ1v) is 6.81. The molecule has 2 rings (SSSR count). The van der Waals surface area contributed by atoms with Gasteiger partial charge in [-0.15, -0.1) is 0 Å². The van der Waals surface area contributed by atoms with Crippen LogP contribution in [0.15, 0.2) is 21.0 Å². The third-order valence-electron chi connectivity index (χ3n) is 2.91. The summed E-state index contributed by atoms with van der Waals surface area (Å²) in [5, 5.41) is 4.42. The second-order valence-electron chi connectivity index (χ2n) is 4.41. The number of hydrogen-bond donors (Lipinski definition) is 1. The van der Waals surface area contributed by atoms with Gasteiger partial charge in [0.15, 0.2) is 0 Å². The summed E-state index contributed by atoms with van der Waals surface area (Å²) < 4.78 is 7.02. The average Bonchev–Trinajstić information content (AvgIpc) is 2.59. The van der Waals surface area contributed by atoms with E-state index >= 15 is 0 Å². The zero-order valence-corrected chi connectivity index (χ0v) is 12.1. The molecule has 0 unspecified atom stereocenters. The molecule has 0 radical (unpaired) electrons. The molecule has 0 aliphatic heterocycles. The van der Waals surface area contributed by atoms with E-state index in [1.807, 2.05) is 7.05 Å². The van der Waals surface area contributed by atoms with Crippen LogP contribution >= 0.6 is 15.9 Å². The summed E-state index contributed by atoms with van der Waals surface area (Å²) in [6.45, 7) is 5.10. The Morgan fingerprint density at radius 2 is 2.12 bits per heavy atom. The van der Waals surface area contributed by atoms with Crippen LogP contribution < -0.4 is 5.32 Å². The molecule has 0 saturated heterocycles. The molecule has 0 fully saturated rings. The Morgan fingerprint density at radius 1 is 1.35 bits per heavy atom. The first kappa shape index (κ1) is 12.7. The summed E-state index contributed by atoms with van der Waals surface area (Å²) in [7, 11) is 1.95. The van der Waals surface area contributed by atoms with E-state index in [4.69, 9.17) is 4.42 Å². The normalized spacial score (nSPS) is 11.3. The minimum Gasteiger partial charge on any atom is -0.458 e. The lowest BCUT2D eigenvalue weighted by molar-refractivity contribution is 0.522. The predicted molar refractivity (Wildman–Crippen MR) is 75.4 cm³/mol. The number of rotatable bonds is 4. The second kappa shape index (κ2) is 5.23. The van der Waals surface area contributed by atoms with Gasteiger partial charge in [0.05, 0.1) is 11.0 Å².